The van der Waals surface area contributed by atoms with Crippen molar-refractivity contribution < 1.29 is 224 Å². The molecule has 0 aromatic carbocycles. The summed E-state index contributed by atoms with van der Waals surface area (Å²) in [7, 11) is -9.06. The molecular weight excluding hydrogens is 1870 g/mol. The van der Waals surface area contributed by atoms with Crippen LogP contribution in [0.25, 0.3) is 11.2 Å². The van der Waals surface area contributed by atoms with E-state index in [1.54, 1.807) is 4.57 Å². The number of hydrogen-bond donors (Lipinski definition) is 21. The molecule has 16 bridgehead atoms. The number of anilines is 1. The molecular formula is C82H138N6O46P2-2. The van der Waals surface area contributed by atoms with Gasteiger partial charge in [0.25, 0.3) is 15.6 Å². The summed E-state index contributed by atoms with van der Waals surface area (Å²) in [6.07, 6.45) is -38.6. The number of aromatic nitrogens is 4. The number of nitrogens with two attached hydrogens (primary N) is 1. The summed E-state index contributed by atoms with van der Waals surface area (Å²) >= 11 is 0. The Morgan fingerprint density at radius 3 is 1.01 bits per heavy atom. The highest BCUT2D eigenvalue weighted by Gasteiger charge is 2.60. The summed E-state index contributed by atoms with van der Waals surface area (Å²) in [4.78, 5) is 49.2. The summed E-state index contributed by atoms with van der Waals surface area (Å²) in [5.41, 5.74) is 6.95. The lowest BCUT2D eigenvalue weighted by Gasteiger charge is -2.56. The Morgan fingerprint density at radius 1 is 0.382 bits per heavy atom. The van der Waals surface area contributed by atoms with Crippen LogP contribution in [0, 0.1) is 23.2 Å². The van der Waals surface area contributed by atoms with Gasteiger partial charge in [0.1, 0.15) is 171 Å². The Balaban J connectivity index is 0.000000245. The van der Waals surface area contributed by atoms with Crippen molar-refractivity contribution in [3.63, 3.8) is 0 Å². The van der Waals surface area contributed by atoms with E-state index in [1.165, 1.54) is 76.9 Å². The molecule has 136 heavy (non-hydrogen) atoms. The molecule has 52 nitrogen and oxygen atoms in total. The van der Waals surface area contributed by atoms with E-state index in [4.69, 9.17) is 109 Å². The Labute approximate surface area is 783 Å². The predicted molar refractivity (Wildman–Crippen MR) is 448 cm³/mol. The number of carbonyl (C=O) groups is 1. The van der Waals surface area contributed by atoms with Crippen LogP contribution < -0.4 is 20.8 Å². The van der Waals surface area contributed by atoms with Crippen molar-refractivity contribution >= 4 is 38.5 Å². The highest BCUT2D eigenvalue weighted by Crippen LogP contribution is 2.61. The third kappa shape index (κ3) is 29.7. The molecule has 0 spiro atoms. The molecule has 4 saturated carbocycles. The molecule has 2 aromatic heterocycles. The molecule has 784 valence electrons. The number of nitrogens with one attached hydrogen (secondary N) is 1. The van der Waals surface area contributed by atoms with Crippen LogP contribution in [0.3, 0.4) is 0 Å². The summed E-state index contributed by atoms with van der Waals surface area (Å²) in [6.45, 7) is -3.50. The number of fused-ring (bicyclic) bond motifs is 1. The normalized spacial score (nSPS) is 40.1. The van der Waals surface area contributed by atoms with Crippen molar-refractivity contribution in [2.45, 2.75) is 318 Å². The average Bonchev–Trinajstić information content (AvgIpc) is 0.884. The zero-order chi connectivity index (χ0) is 97.5. The van der Waals surface area contributed by atoms with Crippen LogP contribution in [-0.4, -0.2) is 458 Å². The molecule has 23 aliphatic heterocycles. The molecule has 35 atom stereocenters. The molecule has 22 N–H and O–H groups in total. The number of amides is 1. The average molecular weight is 2010 g/mol. The first-order chi connectivity index (χ1) is 65.3. The number of phosphoric acid groups is 2. The lowest BCUT2D eigenvalue weighted by atomic mass is 9.49. The van der Waals surface area contributed by atoms with E-state index in [9.17, 15) is 121 Å². The van der Waals surface area contributed by atoms with Crippen LogP contribution in [0.5, 0.6) is 0 Å². The van der Waals surface area contributed by atoms with Crippen LogP contribution in [0.15, 0.2) is 12.7 Å². The molecule has 54 heteroatoms. The van der Waals surface area contributed by atoms with Crippen LogP contribution in [0.2, 0.25) is 0 Å². The fraction of sp³-hybridized carbons (Fsp3) is 0.927. The molecule has 27 fully saturated rings. The second-order valence-corrected chi connectivity index (χ2v) is 38.9. The molecule has 1 amide bonds. The summed E-state index contributed by atoms with van der Waals surface area (Å²) < 4.78 is 146. The van der Waals surface area contributed by atoms with E-state index < -0.39 is 265 Å². The molecule has 2 aromatic rings. The van der Waals surface area contributed by atoms with Crippen molar-refractivity contribution in [3.8, 4) is 0 Å². The van der Waals surface area contributed by atoms with E-state index in [0.717, 1.165) is 62.8 Å². The van der Waals surface area contributed by atoms with Gasteiger partial charge in [-0.2, -0.15) is 0 Å². The minimum absolute atomic E-state index is 0.0185. The van der Waals surface area contributed by atoms with Gasteiger partial charge in [-0.15, -0.1) is 0 Å². The van der Waals surface area contributed by atoms with Crippen LogP contribution >= 0.6 is 15.6 Å². The number of ether oxygens (including phenoxy) is 18. The van der Waals surface area contributed by atoms with E-state index in [2.05, 4.69) is 20.3 Å². The highest BCUT2D eigenvalue weighted by molar-refractivity contribution is 7.46. The van der Waals surface area contributed by atoms with Crippen molar-refractivity contribution in [2.75, 3.05) is 144 Å². The second kappa shape index (κ2) is 53.6. The molecule has 0 radical (unpaired) electrons. The standard InChI is InChI=1S/C46H80N6O16P2.C36H60O30/c47-44-43-45(50-34-49-44)52(35-51-43)42-28-39(53)40(68-42)33-67-70(57,58)66-24-22-63-20-18-61-16-14-59-13-15-60-17-19-62-21-23-65-69(55,56)64-12-10-8-6-4-2-1-3-5-7-9-11-48-41(54)32-46-29-36-25-37(30-46)27-38(26-36)31-46;37-1-7-25-13(43)19(49)31(55-7)62-26-8(2-38)57-33(21(51)15(26)45)64-28-10(4-40)59-35(23(53)17(28)47)66-30-12(6-42)60-36(24(54)18(30)48)65-29-11(5-41)58-34(22(52)16(29)46)63-27-9(3-39)56-32(61-25)20(50)14(27)44/h34-40,42,53H,1-33H2,(H,48,54)(H,55,56)(H,57,58)(H2,47,49,50);7-54H,1-6H2/p-2/t36?,37?,38?,39-,40+,42+,46?;7-,8-,9-,10-,11-,12-,13-,14-,15-,16-,17-,18-,19-,20-,21-,22-,23-,24-,25-,26-,27-,28-,29-,30-,31-,32-,33-,34-,35-,36-/m01/s1. The number of aliphatic hydroxyl groups excluding tert-OH is 19. The second-order valence-electron chi connectivity index (χ2n) is 36.1. The fourth-order valence-corrected chi connectivity index (χ4v) is 21.1. The maximum atomic E-state index is 12.7. The SMILES string of the molecule is Nc1ncnc2c1ncn2[C@H]1C[C@H](O)[C@@H](COP(=O)([O-])OCCOCCOCCOCCOCCOCCOP(=O)([O-])OCCCCCCCCCCCCNC(=O)CC23CC4CC(CC(C4)C2)C3)O1.OC[C@H]1O[C@@H]2O[C@H]3[C@H](O)[C@@H](O)[C@@H](O[C@H]4[C@H](O)[C@@H](O)[C@@H](O[C@H]5[C@H](O)[C@@H](O)[C@@H](O[C@H]6[C@H](O)[C@@H](O)[C@@H](O[C@H]7[C@H](O)[C@@H](O)[C@@H](O[C@H]1[C@H](O)[C@H]2O)O[C@@H]7CO)O[C@@H]6CO)O[C@@H]5CO)O[C@@H]4CO)O[C@@H]3CO. The maximum Gasteiger partial charge on any atom is 0.268 e. The van der Waals surface area contributed by atoms with Crippen molar-refractivity contribution in [1.82, 2.24) is 24.8 Å². The first kappa shape index (κ1) is 111. The zero-order valence-electron chi connectivity index (χ0n) is 75.3. The minimum Gasteiger partial charge on any atom is -0.756 e. The number of carbonyl (C=O) groups excluding carboxylic acids is 1. The number of aliphatic hydroxyl groups is 19. The van der Waals surface area contributed by atoms with Crippen molar-refractivity contribution in [3.05, 3.63) is 12.7 Å². The third-order valence-electron chi connectivity index (χ3n) is 26.3. The predicted octanol–water partition coefficient (Wildman–Crippen LogP) is -8.29. The van der Waals surface area contributed by atoms with Gasteiger partial charge in [0, 0.05) is 19.4 Å². The molecule has 4 aliphatic carbocycles. The molecule has 27 aliphatic rings. The lowest BCUT2D eigenvalue weighted by molar-refractivity contribution is -0.404. The Hall–Kier alpha value is -3.44. The van der Waals surface area contributed by atoms with Gasteiger partial charge < -0.3 is 221 Å². The summed E-state index contributed by atoms with van der Waals surface area (Å²) in [6, 6.07) is 0. The van der Waals surface area contributed by atoms with Gasteiger partial charge in [0.15, 0.2) is 49.2 Å². The molecule has 29 rings (SSSR count). The zero-order valence-corrected chi connectivity index (χ0v) is 77.1. The van der Waals surface area contributed by atoms with E-state index >= 15 is 0 Å². The number of nitrogens with zero attached hydrogens (tertiary/aromatic N) is 4. The quantitative estimate of drug-likeness (QED) is 0.0216. The minimum atomic E-state index is -4.69. The van der Waals surface area contributed by atoms with Crippen LogP contribution in [-0.2, 0) is 117 Å². The smallest absolute Gasteiger partial charge is 0.268 e. The number of unbranched alkanes of at least 4 members (excludes halogenated alkanes) is 9. The first-order valence-corrected chi connectivity index (χ1v) is 49.5. The van der Waals surface area contributed by atoms with Gasteiger partial charge in [0.2, 0.25) is 5.91 Å². The highest BCUT2D eigenvalue weighted by atomic mass is 31.2. The Morgan fingerprint density at radius 2 is 0.684 bits per heavy atom. The lowest BCUT2D eigenvalue weighted by Crippen LogP contribution is -2.69. The Kier molecular flexibility index (Phi) is 43.9. The van der Waals surface area contributed by atoms with Gasteiger partial charge >= 0.3 is 0 Å². The molecule has 2 unspecified atom stereocenters. The monoisotopic (exact) mass is 2000 g/mol. The summed E-state index contributed by atoms with van der Waals surface area (Å²) in [5.74, 6) is 3.14. The van der Waals surface area contributed by atoms with Crippen molar-refractivity contribution in [2.24, 2.45) is 23.2 Å². The first-order valence-electron chi connectivity index (χ1n) is 46.6. The molecule has 23 saturated heterocycles. The number of imidazole rings is 1. The van der Waals surface area contributed by atoms with Crippen LogP contribution in [0.4, 0.5) is 5.82 Å². The van der Waals surface area contributed by atoms with Crippen LogP contribution in [0.1, 0.15) is 122 Å². The molecule has 25 heterocycles. The Bertz CT molecular complexity index is 3610. The number of phosphoric ester groups is 2. The largest absolute Gasteiger partial charge is 0.756 e. The fourth-order valence-electron chi connectivity index (χ4n) is 19.6. The van der Waals surface area contributed by atoms with E-state index in [-0.39, 0.29) is 71.0 Å². The van der Waals surface area contributed by atoms with E-state index in [1.807, 2.05) is 0 Å². The van der Waals surface area contributed by atoms with E-state index in [0.29, 0.717) is 56.0 Å². The number of rotatable bonds is 46. The van der Waals surface area contributed by atoms with Gasteiger partial charge in [-0.25, -0.2) is 15.0 Å². The van der Waals surface area contributed by atoms with Gasteiger partial charge in [-0.3, -0.25) is 18.5 Å². The van der Waals surface area contributed by atoms with Gasteiger partial charge in [0.05, 0.1) is 145 Å². The maximum absolute atomic E-state index is 12.7. The van der Waals surface area contributed by atoms with Gasteiger partial charge in [-0.05, 0) is 74.5 Å². The number of hydrogen-bond acceptors (Lipinski definition) is 50. The summed E-state index contributed by atoms with van der Waals surface area (Å²) in [5, 5.41) is 209. The van der Waals surface area contributed by atoms with Gasteiger partial charge in [-0.1, -0.05) is 51.4 Å². The number of nitrogen functional groups attached to an aromatic ring is 1. The topological polar surface area (TPSA) is 766 Å². The van der Waals surface area contributed by atoms with Crippen molar-refractivity contribution in [1.29, 1.82) is 0 Å². The third-order valence-corrected chi connectivity index (χ3v) is 28.2.